The van der Waals surface area contributed by atoms with E-state index in [0.717, 1.165) is 5.56 Å². The number of rotatable bonds is 5. The normalized spacial score (nSPS) is 11.3. The fourth-order valence-electron chi connectivity index (χ4n) is 1.32. The molecule has 16 heavy (non-hydrogen) atoms. The number of aryl methyl sites for hydroxylation is 1. The van der Waals surface area contributed by atoms with Gasteiger partial charge in [-0.05, 0) is 18.1 Å². The van der Waals surface area contributed by atoms with Gasteiger partial charge in [0, 0.05) is 12.4 Å². The molecule has 0 fully saturated rings. The van der Waals surface area contributed by atoms with Crippen LogP contribution in [0.25, 0.3) is 0 Å². The third-order valence-corrected chi connectivity index (χ3v) is 3.83. The second-order valence-electron chi connectivity index (χ2n) is 3.64. The van der Waals surface area contributed by atoms with E-state index in [2.05, 4.69) is 0 Å². The highest BCUT2D eigenvalue weighted by Crippen LogP contribution is 2.12. The van der Waals surface area contributed by atoms with Crippen LogP contribution in [0.1, 0.15) is 17.5 Å². The number of sulfone groups is 1. The fraction of sp³-hybridized carbons (Fsp3) is 0.364. The highest BCUT2D eigenvalue weighted by molar-refractivity contribution is 7.90. The maximum Gasteiger partial charge on any atom is 0.154 e. The molecule has 1 aromatic carbocycles. The Bertz CT molecular complexity index is 477. The van der Waals surface area contributed by atoms with Gasteiger partial charge in [0.25, 0.3) is 0 Å². The van der Waals surface area contributed by atoms with Gasteiger partial charge in [-0.25, -0.2) is 8.42 Å². The first kappa shape index (κ1) is 12.7. The summed E-state index contributed by atoms with van der Waals surface area (Å²) < 4.78 is 23.1. The number of carboxylic acids is 1. The molecule has 0 N–H and O–H groups in total. The summed E-state index contributed by atoms with van der Waals surface area (Å²) in [6.07, 6.45) is -0.450. The van der Waals surface area contributed by atoms with Crippen molar-refractivity contribution in [1.82, 2.24) is 0 Å². The Morgan fingerprint density at radius 3 is 2.50 bits per heavy atom. The van der Waals surface area contributed by atoms with Crippen LogP contribution in [0.15, 0.2) is 24.3 Å². The Balaban J connectivity index is 2.73. The lowest BCUT2D eigenvalue weighted by Gasteiger charge is -2.07. The minimum Gasteiger partial charge on any atom is -0.550 e. The zero-order valence-corrected chi connectivity index (χ0v) is 9.79. The van der Waals surface area contributed by atoms with Crippen molar-refractivity contribution < 1.29 is 18.3 Å². The van der Waals surface area contributed by atoms with E-state index in [1.807, 2.05) is 19.1 Å². The number of aliphatic carboxylic acids is 1. The summed E-state index contributed by atoms with van der Waals surface area (Å²) in [5, 5.41) is 10.2. The highest BCUT2D eigenvalue weighted by Gasteiger charge is 2.12. The van der Waals surface area contributed by atoms with Gasteiger partial charge in [0.2, 0.25) is 0 Å². The lowest BCUT2D eigenvalue weighted by molar-refractivity contribution is -0.305. The predicted octanol–water partition coefficient (Wildman–Crippen LogP) is 0.0498. The largest absolute Gasteiger partial charge is 0.550 e. The van der Waals surface area contributed by atoms with Crippen LogP contribution in [0.3, 0.4) is 0 Å². The Kier molecular flexibility index (Phi) is 4.06. The average Bonchev–Trinajstić information content (AvgIpc) is 2.19. The zero-order chi connectivity index (χ0) is 12.2. The van der Waals surface area contributed by atoms with Crippen molar-refractivity contribution in [2.75, 3.05) is 5.75 Å². The molecule has 4 nitrogen and oxygen atoms in total. The monoisotopic (exact) mass is 241 g/mol. The van der Waals surface area contributed by atoms with Crippen molar-refractivity contribution in [3.8, 4) is 0 Å². The minimum absolute atomic E-state index is 0.118. The molecular weight excluding hydrogens is 228 g/mol. The number of carboxylic acid groups (broad SMARTS) is 1. The molecule has 0 saturated carbocycles. The molecule has 0 saturated heterocycles. The number of carbonyl (C=O) groups is 1. The summed E-state index contributed by atoms with van der Waals surface area (Å²) in [5.74, 6) is -1.83. The topological polar surface area (TPSA) is 74.3 Å². The van der Waals surface area contributed by atoms with Crippen LogP contribution >= 0.6 is 0 Å². The van der Waals surface area contributed by atoms with Crippen LogP contribution in [-0.2, 0) is 20.4 Å². The van der Waals surface area contributed by atoms with E-state index >= 15 is 0 Å². The predicted molar refractivity (Wildman–Crippen MR) is 58.3 cm³/mol. The van der Waals surface area contributed by atoms with E-state index in [1.165, 1.54) is 0 Å². The van der Waals surface area contributed by atoms with Gasteiger partial charge in [-0.15, -0.1) is 0 Å². The van der Waals surface area contributed by atoms with E-state index < -0.39 is 22.2 Å². The van der Waals surface area contributed by atoms with Crippen LogP contribution in [0, 0.1) is 6.92 Å². The van der Waals surface area contributed by atoms with Crippen LogP contribution in [0.5, 0.6) is 0 Å². The summed E-state index contributed by atoms with van der Waals surface area (Å²) in [5.41, 5.74) is 1.60. The highest BCUT2D eigenvalue weighted by atomic mass is 32.2. The summed E-state index contributed by atoms with van der Waals surface area (Å²) in [7, 11) is -3.37. The van der Waals surface area contributed by atoms with E-state index in [9.17, 15) is 18.3 Å². The van der Waals surface area contributed by atoms with Crippen LogP contribution in [0.4, 0.5) is 0 Å². The van der Waals surface area contributed by atoms with Gasteiger partial charge in [-0.2, -0.15) is 0 Å². The molecule has 0 aliphatic rings. The molecule has 5 heteroatoms. The van der Waals surface area contributed by atoms with Crippen LogP contribution in [0.2, 0.25) is 0 Å². The molecule has 0 aliphatic carbocycles. The molecule has 0 spiro atoms. The first-order valence-corrected chi connectivity index (χ1v) is 6.67. The van der Waals surface area contributed by atoms with Crippen LogP contribution < -0.4 is 5.11 Å². The third-order valence-electron chi connectivity index (χ3n) is 2.25. The van der Waals surface area contributed by atoms with Crippen molar-refractivity contribution >= 4 is 15.8 Å². The summed E-state index contributed by atoms with van der Waals surface area (Å²) in [4.78, 5) is 10.2. The van der Waals surface area contributed by atoms with E-state index in [1.54, 1.807) is 12.1 Å². The molecule has 0 amide bonds. The van der Waals surface area contributed by atoms with Gasteiger partial charge in [-0.3, -0.25) is 0 Å². The molecule has 0 unspecified atom stereocenters. The Labute approximate surface area is 94.8 Å². The van der Waals surface area contributed by atoms with E-state index in [4.69, 9.17) is 0 Å². The SMILES string of the molecule is Cc1ccccc1CS(=O)(=O)CCC(=O)[O-]. The second kappa shape index (κ2) is 5.12. The number of hydrogen-bond donors (Lipinski definition) is 0. The van der Waals surface area contributed by atoms with Gasteiger partial charge in [0.05, 0.1) is 11.5 Å². The fourth-order valence-corrected chi connectivity index (χ4v) is 2.74. The van der Waals surface area contributed by atoms with Crippen molar-refractivity contribution in [3.63, 3.8) is 0 Å². The van der Waals surface area contributed by atoms with Gasteiger partial charge >= 0.3 is 0 Å². The van der Waals surface area contributed by atoms with E-state index in [-0.39, 0.29) is 11.5 Å². The standard InChI is InChI=1S/C11H14O4S/c1-9-4-2-3-5-10(9)8-16(14,15)7-6-11(12)13/h2-5H,6-8H2,1H3,(H,12,13)/p-1. The van der Waals surface area contributed by atoms with Crippen LogP contribution in [-0.4, -0.2) is 20.1 Å². The van der Waals surface area contributed by atoms with Gasteiger partial charge in [-0.1, -0.05) is 24.3 Å². The number of carbonyl (C=O) groups excluding carboxylic acids is 1. The van der Waals surface area contributed by atoms with Gasteiger partial charge in [0.15, 0.2) is 9.84 Å². The summed E-state index contributed by atoms with van der Waals surface area (Å²) in [6, 6.07) is 7.14. The van der Waals surface area contributed by atoms with Gasteiger partial charge < -0.3 is 9.90 Å². The smallest absolute Gasteiger partial charge is 0.154 e. The average molecular weight is 241 g/mol. The maximum absolute atomic E-state index is 11.6. The molecule has 1 rings (SSSR count). The number of hydrogen-bond acceptors (Lipinski definition) is 4. The van der Waals surface area contributed by atoms with Crippen molar-refractivity contribution in [1.29, 1.82) is 0 Å². The molecule has 0 atom stereocenters. The third kappa shape index (κ3) is 4.02. The maximum atomic E-state index is 11.6. The minimum atomic E-state index is -3.37. The lowest BCUT2D eigenvalue weighted by atomic mass is 10.1. The molecule has 0 radical (unpaired) electrons. The molecule has 0 bridgehead atoms. The van der Waals surface area contributed by atoms with Crippen molar-refractivity contribution in [3.05, 3.63) is 35.4 Å². The molecule has 1 aromatic rings. The van der Waals surface area contributed by atoms with Gasteiger partial charge in [0.1, 0.15) is 0 Å². The number of benzene rings is 1. The second-order valence-corrected chi connectivity index (χ2v) is 5.82. The Morgan fingerprint density at radius 2 is 1.94 bits per heavy atom. The zero-order valence-electron chi connectivity index (χ0n) is 8.97. The Hall–Kier alpha value is -1.36. The van der Waals surface area contributed by atoms with Crippen molar-refractivity contribution in [2.45, 2.75) is 19.1 Å². The molecular formula is C11H13O4S-. The Morgan fingerprint density at radius 1 is 1.31 bits per heavy atom. The molecule has 0 aliphatic heterocycles. The summed E-state index contributed by atoms with van der Waals surface area (Å²) >= 11 is 0. The summed E-state index contributed by atoms with van der Waals surface area (Å²) in [6.45, 7) is 1.82. The van der Waals surface area contributed by atoms with Crippen molar-refractivity contribution in [2.24, 2.45) is 0 Å². The molecule has 88 valence electrons. The molecule has 0 aromatic heterocycles. The first-order chi connectivity index (χ1) is 7.41. The lowest BCUT2D eigenvalue weighted by Crippen LogP contribution is -2.25. The first-order valence-electron chi connectivity index (χ1n) is 4.85. The molecule has 0 heterocycles. The quantitative estimate of drug-likeness (QED) is 0.730. The van der Waals surface area contributed by atoms with E-state index in [0.29, 0.717) is 5.56 Å².